The predicted molar refractivity (Wildman–Crippen MR) is 148 cm³/mol. The number of nitrogens with one attached hydrogen (secondary N) is 3. The number of carbonyl (C=O) groups is 2. The molecule has 8 heteroatoms. The van der Waals surface area contributed by atoms with Crippen molar-refractivity contribution in [2.24, 2.45) is 0 Å². The first-order valence-electron chi connectivity index (χ1n) is 12.9. The van der Waals surface area contributed by atoms with Gasteiger partial charge in [0.2, 0.25) is 11.8 Å². The average molecular weight is 501 g/mol. The Morgan fingerprint density at radius 2 is 1.59 bits per heavy atom. The Hall–Kier alpha value is -3.75. The van der Waals surface area contributed by atoms with Crippen molar-refractivity contribution in [3.63, 3.8) is 0 Å². The van der Waals surface area contributed by atoms with Gasteiger partial charge in [0, 0.05) is 57.2 Å². The summed E-state index contributed by atoms with van der Waals surface area (Å²) in [6.45, 7) is 7.48. The molecule has 1 aliphatic rings. The standard InChI is InChI=1S/C29H36N6O2/c1-23(36)30-12-13-32-27-18-25(24-8-3-2-4-9-24)19-28(20-27)33-29(37)22-35-15-7-14-34(16-17-35)21-26-10-5-6-11-31-26/h2-6,8-11,18-20,32H,7,12-17,21-22H2,1H3,(H,30,36)(H,33,37). The molecule has 0 spiro atoms. The molecule has 0 atom stereocenters. The zero-order chi connectivity index (χ0) is 25.9. The molecule has 0 aliphatic carbocycles. The summed E-state index contributed by atoms with van der Waals surface area (Å²) in [4.78, 5) is 33.2. The highest BCUT2D eigenvalue weighted by Gasteiger charge is 2.18. The number of amides is 2. The molecule has 1 saturated heterocycles. The lowest BCUT2D eigenvalue weighted by atomic mass is 10.0. The summed E-state index contributed by atoms with van der Waals surface area (Å²) in [5, 5.41) is 9.25. The third kappa shape index (κ3) is 8.70. The Morgan fingerprint density at radius 1 is 0.838 bits per heavy atom. The molecule has 4 rings (SSSR count). The summed E-state index contributed by atoms with van der Waals surface area (Å²) in [6.07, 6.45) is 2.85. The highest BCUT2D eigenvalue weighted by atomic mass is 16.2. The minimum absolute atomic E-state index is 0.0208. The second-order valence-corrected chi connectivity index (χ2v) is 9.35. The minimum Gasteiger partial charge on any atom is -0.383 e. The van der Waals surface area contributed by atoms with E-state index >= 15 is 0 Å². The van der Waals surface area contributed by atoms with E-state index in [0.29, 0.717) is 19.6 Å². The summed E-state index contributed by atoms with van der Waals surface area (Å²) in [6, 6.07) is 22.1. The van der Waals surface area contributed by atoms with Crippen LogP contribution in [0.2, 0.25) is 0 Å². The molecule has 194 valence electrons. The highest BCUT2D eigenvalue weighted by Crippen LogP contribution is 2.27. The quantitative estimate of drug-likeness (QED) is 0.370. The van der Waals surface area contributed by atoms with Crippen molar-refractivity contribution in [2.45, 2.75) is 19.9 Å². The van der Waals surface area contributed by atoms with Gasteiger partial charge in [0.1, 0.15) is 0 Å². The van der Waals surface area contributed by atoms with E-state index in [0.717, 1.165) is 67.3 Å². The normalized spacial score (nSPS) is 14.5. The molecule has 0 unspecified atom stereocenters. The summed E-state index contributed by atoms with van der Waals surface area (Å²) in [7, 11) is 0. The van der Waals surface area contributed by atoms with Gasteiger partial charge in [-0.2, -0.15) is 0 Å². The van der Waals surface area contributed by atoms with E-state index in [1.807, 2.05) is 48.7 Å². The van der Waals surface area contributed by atoms with Crippen molar-refractivity contribution in [3.8, 4) is 11.1 Å². The van der Waals surface area contributed by atoms with Crippen LogP contribution in [-0.2, 0) is 16.1 Å². The SMILES string of the molecule is CC(=O)NCCNc1cc(NC(=O)CN2CCCN(Cc3ccccn3)CC2)cc(-c2ccccc2)c1. The maximum atomic E-state index is 13.0. The number of benzene rings is 2. The van der Waals surface area contributed by atoms with E-state index < -0.39 is 0 Å². The minimum atomic E-state index is -0.0545. The first kappa shape index (κ1) is 26.3. The van der Waals surface area contributed by atoms with Gasteiger partial charge in [0.25, 0.3) is 0 Å². The molecule has 2 heterocycles. The Morgan fingerprint density at radius 3 is 2.38 bits per heavy atom. The largest absolute Gasteiger partial charge is 0.383 e. The van der Waals surface area contributed by atoms with Crippen LogP contribution in [0.25, 0.3) is 11.1 Å². The molecule has 0 bridgehead atoms. The van der Waals surface area contributed by atoms with E-state index in [9.17, 15) is 9.59 Å². The van der Waals surface area contributed by atoms with E-state index in [1.165, 1.54) is 6.92 Å². The van der Waals surface area contributed by atoms with Gasteiger partial charge in [-0.15, -0.1) is 0 Å². The Labute approximate surface area is 219 Å². The summed E-state index contributed by atoms with van der Waals surface area (Å²) >= 11 is 0. The molecule has 8 nitrogen and oxygen atoms in total. The average Bonchev–Trinajstić information content (AvgIpc) is 3.12. The molecular formula is C29H36N6O2. The van der Waals surface area contributed by atoms with E-state index in [4.69, 9.17) is 0 Å². The molecule has 3 aromatic rings. The van der Waals surface area contributed by atoms with Gasteiger partial charge in [-0.3, -0.25) is 24.4 Å². The number of hydrogen-bond donors (Lipinski definition) is 3. The molecule has 1 fully saturated rings. The van der Waals surface area contributed by atoms with Crippen molar-refractivity contribution in [3.05, 3.63) is 78.6 Å². The molecule has 3 N–H and O–H groups in total. The molecule has 2 aromatic carbocycles. The summed E-state index contributed by atoms with van der Waals surface area (Å²) in [5.41, 5.74) is 4.81. The lowest BCUT2D eigenvalue weighted by Crippen LogP contribution is -2.36. The van der Waals surface area contributed by atoms with Gasteiger partial charge in [0.05, 0.1) is 12.2 Å². The van der Waals surface area contributed by atoms with Crippen molar-refractivity contribution in [1.82, 2.24) is 20.1 Å². The lowest BCUT2D eigenvalue weighted by molar-refractivity contribution is -0.119. The van der Waals surface area contributed by atoms with Crippen LogP contribution < -0.4 is 16.0 Å². The predicted octanol–water partition coefficient (Wildman–Crippen LogP) is 3.44. The second-order valence-electron chi connectivity index (χ2n) is 9.35. The number of aromatic nitrogens is 1. The zero-order valence-electron chi connectivity index (χ0n) is 21.5. The van der Waals surface area contributed by atoms with Crippen LogP contribution in [0, 0.1) is 0 Å². The molecule has 37 heavy (non-hydrogen) atoms. The van der Waals surface area contributed by atoms with Gasteiger partial charge in [0.15, 0.2) is 0 Å². The number of carbonyl (C=O) groups excluding carboxylic acids is 2. The highest BCUT2D eigenvalue weighted by molar-refractivity contribution is 5.93. The number of hydrogen-bond acceptors (Lipinski definition) is 6. The fraction of sp³-hybridized carbons (Fsp3) is 0.345. The topological polar surface area (TPSA) is 89.6 Å². The molecule has 0 radical (unpaired) electrons. The Kier molecular flexibility index (Phi) is 9.62. The summed E-state index contributed by atoms with van der Waals surface area (Å²) < 4.78 is 0. The second kappa shape index (κ2) is 13.5. The monoisotopic (exact) mass is 500 g/mol. The maximum absolute atomic E-state index is 13.0. The van der Waals surface area contributed by atoms with Crippen LogP contribution in [0.5, 0.6) is 0 Å². The van der Waals surface area contributed by atoms with Gasteiger partial charge >= 0.3 is 0 Å². The molecule has 1 aromatic heterocycles. The number of pyridine rings is 1. The van der Waals surface area contributed by atoms with Crippen LogP contribution >= 0.6 is 0 Å². The van der Waals surface area contributed by atoms with Crippen molar-refractivity contribution in [2.75, 3.05) is 56.4 Å². The Balaban J connectivity index is 1.36. The smallest absolute Gasteiger partial charge is 0.238 e. The number of anilines is 2. The summed E-state index contributed by atoms with van der Waals surface area (Å²) in [5.74, 6) is -0.0752. The number of rotatable bonds is 10. The van der Waals surface area contributed by atoms with E-state index in [-0.39, 0.29) is 11.8 Å². The first-order valence-corrected chi connectivity index (χ1v) is 12.9. The third-order valence-corrected chi connectivity index (χ3v) is 6.31. The maximum Gasteiger partial charge on any atom is 0.238 e. The number of nitrogens with zero attached hydrogens (tertiary/aromatic N) is 3. The van der Waals surface area contributed by atoms with Crippen molar-refractivity contribution in [1.29, 1.82) is 0 Å². The van der Waals surface area contributed by atoms with Crippen molar-refractivity contribution >= 4 is 23.2 Å². The Bertz CT molecular complexity index is 1160. The van der Waals surface area contributed by atoms with E-state index in [2.05, 4.69) is 55.0 Å². The molecule has 1 aliphatic heterocycles. The van der Waals surface area contributed by atoms with Gasteiger partial charge < -0.3 is 16.0 Å². The zero-order valence-corrected chi connectivity index (χ0v) is 21.5. The van der Waals surface area contributed by atoms with Crippen LogP contribution in [0.4, 0.5) is 11.4 Å². The third-order valence-electron chi connectivity index (χ3n) is 6.31. The van der Waals surface area contributed by atoms with Gasteiger partial charge in [-0.25, -0.2) is 0 Å². The van der Waals surface area contributed by atoms with E-state index in [1.54, 1.807) is 0 Å². The van der Waals surface area contributed by atoms with Gasteiger partial charge in [-0.05, 0) is 61.0 Å². The van der Waals surface area contributed by atoms with Crippen LogP contribution in [0.1, 0.15) is 19.0 Å². The van der Waals surface area contributed by atoms with Gasteiger partial charge in [-0.1, -0.05) is 36.4 Å². The fourth-order valence-corrected chi connectivity index (χ4v) is 4.51. The molecular weight excluding hydrogens is 464 g/mol. The van der Waals surface area contributed by atoms with Crippen LogP contribution in [0.3, 0.4) is 0 Å². The van der Waals surface area contributed by atoms with Crippen molar-refractivity contribution < 1.29 is 9.59 Å². The molecule has 2 amide bonds. The van der Waals surface area contributed by atoms with Crippen LogP contribution in [-0.4, -0.2) is 72.4 Å². The lowest BCUT2D eigenvalue weighted by Gasteiger charge is -2.21. The van der Waals surface area contributed by atoms with Crippen LogP contribution in [0.15, 0.2) is 72.9 Å². The molecule has 0 saturated carbocycles. The first-order chi connectivity index (χ1) is 18.0. The fourth-order valence-electron chi connectivity index (χ4n) is 4.51.